The summed E-state index contributed by atoms with van der Waals surface area (Å²) in [5, 5.41) is 0.728. The Bertz CT molecular complexity index is 742. The van der Waals surface area contributed by atoms with Crippen LogP contribution in [0.15, 0.2) is 40.1 Å². The molecule has 2 aromatic rings. The number of hydrogen-bond donors (Lipinski definition) is 0. The minimum atomic E-state index is -0.210. The molecular weight excluding hydrogens is 348 g/mol. The van der Waals surface area contributed by atoms with Crippen LogP contribution in [0.3, 0.4) is 0 Å². The van der Waals surface area contributed by atoms with Crippen LogP contribution in [0.2, 0.25) is 5.02 Å². The predicted molar refractivity (Wildman–Crippen MR) is 99.1 cm³/mol. The van der Waals surface area contributed by atoms with Crippen molar-refractivity contribution in [1.29, 1.82) is 0 Å². The number of thioether (sulfide) groups is 2. The molecule has 0 aliphatic carbocycles. The Labute approximate surface area is 149 Å². The molecule has 0 radical (unpaired) electrons. The normalized spacial score (nSPS) is 13.0. The quantitative estimate of drug-likeness (QED) is 0.524. The number of fused-ring (bicyclic) bond motifs is 1. The number of rotatable bonds is 4. The van der Waals surface area contributed by atoms with Crippen LogP contribution >= 0.6 is 35.1 Å². The van der Waals surface area contributed by atoms with Gasteiger partial charge in [0.2, 0.25) is 0 Å². The molecule has 0 N–H and O–H groups in total. The van der Waals surface area contributed by atoms with Gasteiger partial charge in [-0.25, -0.2) is 4.79 Å². The van der Waals surface area contributed by atoms with Crippen LogP contribution in [-0.2, 0) is 11.2 Å². The van der Waals surface area contributed by atoms with Crippen molar-refractivity contribution in [3.63, 3.8) is 0 Å². The van der Waals surface area contributed by atoms with E-state index >= 15 is 0 Å². The molecule has 0 atom stereocenters. The standard InChI is InChI=1S/C18H17ClO2S2/c1-3-21-18(20)16-13-8-9-23-17(13)14(10-15(16)22-2)11-4-6-12(19)7-5-11/h4-7,10H,3,8-9H2,1-2H3. The van der Waals surface area contributed by atoms with Gasteiger partial charge in [0.05, 0.1) is 12.2 Å². The van der Waals surface area contributed by atoms with Crippen molar-refractivity contribution in [3.8, 4) is 11.1 Å². The van der Waals surface area contributed by atoms with Crippen LogP contribution in [0.4, 0.5) is 0 Å². The zero-order valence-corrected chi connectivity index (χ0v) is 15.4. The van der Waals surface area contributed by atoms with Gasteiger partial charge in [0.15, 0.2) is 0 Å². The first-order valence-corrected chi connectivity index (χ1v) is 10.0. The van der Waals surface area contributed by atoms with Gasteiger partial charge in [-0.2, -0.15) is 0 Å². The van der Waals surface area contributed by atoms with Gasteiger partial charge in [-0.3, -0.25) is 0 Å². The molecule has 1 aliphatic rings. The third kappa shape index (κ3) is 3.25. The van der Waals surface area contributed by atoms with Crippen LogP contribution in [0.1, 0.15) is 22.8 Å². The summed E-state index contributed by atoms with van der Waals surface area (Å²) in [6.45, 7) is 2.24. The summed E-state index contributed by atoms with van der Waals surface area (Å²) in [6, 6.07) is 9.98. The summed E-state index contributed by atoms with van der Waals surface area (Å²) in [4.78, 5) is 14.6. The lowest BCUT2D eigenvalue weighted by Gasteiger charge is -2.16. The van der Waals surface area contributed by atoms with Gasteiger partial charge in [-0.05, 0) is 54.5 Å². The van der Waals surface area contributed by atoms with Gasteiger partial charge in [0, 0.05) is 20.6 Å². The molecule has 1 heterocycles. The lowest BCUT2D eigenvalue weighted by molar-refractivity contribution is 0.0521. The topological polar surface area (TPSA) is 26.3 Å². The fourth-order valence-electron chi connectivity index (χ4n) is 2.78. The molecule has 5 heteroatoms. The molecule has 1 aliphatic heterocycles. The molecule has 0 spiro atoms. The molecular formula is C18H17ClO2S2. The molecule has 120 valence electrons. The maximum Gasteiger partial charge on any atom is 0.339 e. The summed E-state index contributed by atoms with van der Waals surface area (Å²) in [7, 11) is 0. The molecule has 0 saturated heterocycles. The van der Waals surface area contributed by atoms with E-state index < -0.39 is 0 Å². The minimum Gasteiger partial charge on any atom is -0.462 e. The van der Waals surface area contributed by atoms with Crippen molar-refractivity contribution < 1.29 is 9.53 Å². The summed E-state index contributed by atoms with van der Waals surface area (Å²) in [6.07, 6.45) is 2.90. The van der Waals surface area contributed by atoms with E-state index in [4.69, 9.17) is 16.3 Å². The number of esters is 1. The zero-order valence-electron chi connectivity index (χ0n) is 13.0. The summed E-state index contributed by atoms with van der Waals surface area (Å²) in [5.74, 6) is 0.790. The van der Waals surface area contributed by atoms with Crippen LogP contribution < -0.4 is 0 Å². The van der Waals surface area contributed by atoms with E-state index in [1.807, 2.05) is 49.2 Å². The highest BCUT2D eigenvalue weighted by Crippen LogP contribution is 2.45. The average Bonchev–Trinajstić information content (AvgIpc) is 3.03. The number of carbonyl (C=O) groups excluding carboxylic acids is 1. The van der Waals surface area contributed by atoms with Crippen molar-refractivity contribution >= 4 is 41.1 Å². The molecule has 0 bridgehead atoms. The highest BCUT2D eigenvalue weighted by molar-refractivity contribution is 8.00. The van der Waals surface area contributed by atoms with Gasteiger partial charge in [-0.15, -0.1) is 23.5 Å². The average molecular weight is 365 g/mol. The van der Waals surface area contributed by atoms with Crippen molar-refractivity contribution in [3.05, 3.63) is 46.5 Å². The Kier molecular flexibility index (Phi) is 5.24. The van der Waals surface area contributed by atoms with E-state index in [0.29, 0.717) is 6.61 Å². The van der Waals surface area contributed by atoms with Gasteiger partial charge < -0.3 is 4.74 Å². The SMILES string of the molecule is CCOC(=O)c1c(SC)cc(-c2ccc(Cl)cc2)c2c1CCS2. The van der Waals surface area contributed by atoms with Gasteiger partial charge >= 0.3 is 5.97 Å². The van der Waals surface area contributed by atoms with Crippen LogP contribution in [0, 0.1) is 0 Å². The highest BCUT2D eigenvalue weighted by atomic mass is 35.5. The summed E-state index contributed by atoms with van der Waals surface area (Å²) >= 11 is 9.41. The Morgan fingerprint density at radius 3 is 2.74 bits per heavy atom. The third-order valence-corrected chi connectivity index (χ3v) is 5.97. The van der Waals surface area contributed by atoms with Crippen molar-refractivity contribution in [2.24, 2.45) is 0 Å². The Hall–Kier alpha value is -1.10. The lowest BCUT2D eigenvalue weighted by atomic mass is 9.97. The van der Waals surface area contributed by atoms with E-state index in [-0.39, 0.29) is 5.97 Å². The number of hydrogen-bond acceptors (Lipinski definition) is 4. The molecule has 3 rings (SSSR count). The van der Waals surface area contributed by atoms with Gasteiger partial charge in [0.25, 0.3) is 0 Å². The zero-order chi connectivity index (χ0) is 16.4. The fraction of sp³-hybridized carbons (Fsp3) is 0.278. The summed E-state index contributed by atoms with van der Waals surface area (Å²) in [5.41, 5.74) is 4.18. The summed E-state index contributed by atoms with van der Waals surface area (Å²) < 4.78 is 5.28. The number of carbonyl (C=O) groups is 1. The predicted octanol–water partition coefficient (Wildman–Crippen LogP) is 5.55. The number of benzene rings is 2. The van der Waals surface area contributed by atoms with E-state index in [1.54, 1.807) is 11.8 Å². The molecule has 23 heavy (non-hydrogen) atoms. The Balaban J connectivity index is 2.18. The minimum absolute atomic E-state index is 0.210. The van der Waals surface area contributed by atoms with Crippen LogP contribution in [0.5, 0.6) is 0 Å². The lowest BCUT2D eigenvalue weighted by Crippen LogP contribution is -2.10. The van der Waals surface area contributed by atoms with E-state index in [9.17, 15) is 4.79 Å². The van der Waals surface area contributed by atoms with Crippen LogP contribution in [-0.4, -0.2) is 24.6 Å². The first-order valence-electron chi connectivity index (χ1n) is 7.45. The van der Waals surface area contributed by atoms with Crippen molar-refractivity contribution in [2.45, 2.75) is 23.1 Å². The molecule has 2 nitrogen and oxygen atoms in total. The Morgan fingerprint density at radius 1 is 1.35 bits per heavy atom. The fourth-order valence-corrected chi connectivity index (χ4v) is 4.78. The molecule has 0 saturated carbocycles. The van der Waals surface area contributed by atoms with Crippen molar-refractivity contribution in [2.75, 3.05) is 18.6 Å². The van der Waals surface area contributed by atoms with Crippen molar-refractivity contribution in [1.82, 2.24) is 0 Å². The molecule has 0 amide bonds. The van der Waals surface area contributed by atoms with E-state index in [0.717, 1.165) is 38.8 Å². The first-order chi connectivity index (χ1) is 11.2. The third-order valence-electron chi connectivity index (χ3n) is 3.80. The maximum atomic E-state index is 12.4. The highest BCUT2D eigenvalue weighted by Gasteiger charge is 2.27. The first kappa shape index (κ1) is 16.7. The Morgan fingerprint density at radius 2 is 2.09 bits per heavy atom. The maximum absolute atomic E-state index is 12.4. The number of halogens is 1. The smallest absolute Gasteiger partial charge is 0.339 e. The second kappa shape index (κ2) is 7.20. The van der Waals surface area contributed by atoms with E-state index in [1.165, 1.54) is 10.5 Å². The molecule has 2 aromatic carbocycles. The second-order valence-corrected chi connectivity index (χ2v) is 7.52. The molecule has 0 unspecified atom stereocenters. The second-order valence-electron chi connectivity index (χ2n) is 5.13. The van der Waals surface area contributed by atoms with Crippen LogP contribution in [0.25, 0.3) is 11.1 Å². The van der Waals surface area contributed by atoms with Gasteiger partial charge in [0.1, 0.15) is 0 Å². The van der Waals surface area contributed by atoms with Gasteiger partial charge in [-0.1, -0.05) is 23.7 Å². The number of ether oxygens (including phenoxy) is 1. The molecule has 0 fully saturated rings. The molecule has 0 aromatic heterocycles. The monoisotopic (exact) mass is 364 g/mol. The largest absolute Gasteiger partial charge is 0.462 e. The van der Waals surface area contributed by atoms with E-state index in [2.05, 4.69) is 6.07 Å².